The number of ketones is 1. The van der Waals surface area contributed by atoms with Gasteiger partial charge in [-0.2, -0.15) is 0 Å². The topological polar surface area (TPSA) is 77.8 Å². The molecule has 1 aliphatic rings. The standard InChI is InChI=1S/C20H17Cl2NO4/c1-2-9-23-17(12-5-8-15(24)14(22)10-12)16(19(26)20(23)27)18(25)11-3-6-13(21)7-4-11/h3-8,10,17,24-25H,2,9H2,1H3/b18-16-. The predicted molar refractivity (Wildman–Crippen MR) is 104 cm³/mol. The van der Waals surface area contributed by atoms with E-state index in [0.717, 1.165) is 0 Å². The van der Waals surface area contributed by atoms with E-state index in [1.54, 1.807) is 30.3 Å². The number of aromatic hydroxyl groups is 1. The minimum absolute atomic E-state index is 0.0162. The second kappa shape index (κ2) is 7.62. The first-order valence-corrected chi connectivity index (χ1v) is 9.13. The van der Waals surface area contributed by atoms with Crippen LogP contribution in [0.3, 0.4) is 0 Å². The highest BCUT2D eigenvalue weighted by molar-refractivity contribution is 6.46. The summed E-state index contributed by atoms with van der Waals surface area (Å²) in [6, 6.07) is 10.00. The van der Waals surface area contributed by atoms with E-state index in [-0.39, 0.29) is 22.1 Å². The van der Waals surface area contributed by atoms with Gasteiger partial charge in [-0.3, -0.25) is 9.59 Å². The molecular weight excluding hydrogens is 389 g/mol. The maximum Gasteiger partial charge on any atom is 0.295 e. The Hall–Kier alpha value is -2.50. The molecule has 0 bridgehead atoms. The number of halogens is 2. The number of aliphatic hydroxyl groups is 1. The molecule has 1 heterocycles. The summed E-state index contributed by atoms with van der Waals surface area (Å²) >= 11 is 11.9. The van der Waals surface area contributed by atoms with Gasteiger partial charge in [-0.05, 0) is 48.4 Å². The molecule has 0 radical (unpaired) electrons. The van der Waals surface area contributed by atoms with Gasteiger partial charge in [-0.25, -0.2) is 0 Å². The van der Waals surface area contributed by atoms with E-state index in [1.807, 2.05) is 6.92 Å². The molecule has 1 aliphatic heterocycles. The van der Waals surface area contributed by atoms with Crippen molar-refractivity contribution >= 4 is 40.7 Å². The third kappa shape index (κ3) is 3.53. The van der Waals surface area contributed by atoms with Gasteiger partial charge >= 0.3 is 0 Å². The van der Waals surface area contributed by atoms with Gasteiger partial charge in [0.25, 0.3) is 11.7 Å². The molecule has 0 aliphatic carbocycles. The monoisotopic (exact) mass is 405 g/mol. The second-order valence-electron chi connectivity index (χ2n) is 6.21. The zero-order chi connectivity index (χ0) is 19.7. The van der Waals surface area contributed by atoms with Crippen LogP contribution in [-0.2, 0) is 9.59 Å². The number of Topliss-reactive ketones (excluding diaryl/α,β-unsaturated/α-hetero) is 1. The summed E-state index contributed by atoms with van der Waals surface area (Å²) in [5.41, 5.74) is 0.891. The lowest BCUT2D eigenvalue weighted by atomic mass is 9.95. The molecule has 140 valence electrons. The van der Waals surface area contributed by atoms with Crippen molar-refractivity contribution in [1.29, 1.82) is 0 Å². The minimum atomic E-state index is -0.793. The molecule has 1 unspecified atom stereocenters. The average molecular weight is 406 g/mol. The quantitative estimate of drug-likeness (QED) is 0.444. The highest BCUT2D eigenvalue weighted by Gasteiger charge is 2.45. The van der Waals surface area contributed by atoms with Gasteiger partial charge < -0.3 is 15.1 Å². The van der Waals surface area contributed by atoms with Crippen LogP contribution in [0.2, 0.25) is 10.0 Å². The Morgan fingerprint density at radius 1 is 1.11 bits per heavy atom. The molecule has 2 aromatic rings. The van der Waals surface area contributed by atoms with E-state index in [4.69, 9.17) is 23.2 Å². The van der Waals surface area contributed by atoms with Crippen molar-refractivity contribution < 1.29 is 19.8 Å². The fraction of sp³-hybridized carbons (Fsp3) is 0.200. The van der Waals surface area contributed by atoms with Crippen LogP contribution in [0.1, 0.15) is 30.5 Å². The van der Waals surface area contributed by atoms with E-state index in [9.17, 15) is 19.8 Å². The van der Waals surface area contributed by atoms with Crippen LogP contribution in [0.5, 0.6) is 5.75 Å². The molecule has 0 aromatic heterocycles. The van der Waals surface area contributed by atoms with Gasteiger partial charge in [-0.15, -0.1) is 0 Å². The summed E-state index contributed by atoms with van der Waals surface area (Å²) in [5, 5.41) is 21.1. The Balaban J connectivity index is 2.20. The summed E-state index contributed by atoms with van der Waals surface area (Å²) in [5.74, 6) is -1.82. The van der Waals surface area contributed by atoms with Gasteiger partial charge in [-0.1, -0.05) is 36.2 Å². The van der Waals surface area contributed by atoms with Gasteiger partial charge in [0.15, 0.2) is 0 Å². The predicted octanol–water partition coefficient (Wildman–Crippen LogP) is 4.53. The molecule has 7 heteroatoms. The summed E-state index contributed by atoms with van der Waals surface area (Å²) in [7, 11) is 0. The summed E-state index contributed by atoms with van der Waals surface area (Å²) in [4.78, 5) is 26.7. The van der Waals surface area contributed by atoms with E-state index in [0.29, 0.717) is 29.1 Å². The zero-order valence-electron chi connectivity index (χ0n) is 14.4. The molecule has 1 atom stereocenters. The largest absolute Gasteiger partial charge is 0.507 e. The molecule has 5 nitrogen and oxygen atoms in total. The average Bonchev–Trinajstić information content (AvgIpc) is 2.89. The maximum absolute atomic E-state index is 12.7. The molecule has 0 spiro atoms. The number of hydrogen-bond donors (Lipinski definition) is 2. The summed E-state index contributed by atoms with van der Waals surface area (Å²) in [6.07, 6.45) is 0.635. The van der Waals surface area contributed by atoms with Crippen LogP contribution in [0, 0.1) is 0 Å². The number of amides is 1. The number of nitrogens with zero attached hydrogens (tertiary/aromatic N) is 1. The van der Waals surface area contributed by atoms with Crippen molar-refractivity contribution in [1.82, 2.24) is 4.90 Å². The number of phenolic OH excluding ortho intramolecular Hbond substituents is 1. The number of rotatable bonds is 4. The Bertz CT molecular complexity index is 937. The maximum atomic E-state index is 12.7. The first-order chi connectivity index (χ1) is 12.8. The van der Waals surface area contributed by atoms with Crippen LogP contribution in [0.4, 0.5) is 0 Å². The first-order valence-electron chi connectivity index (χ1n) is 8.38. The third-order valence-electron chi connectivity index (χ3n) is 4.41. The molecule has 1 fully saturated rings. The lowest BCUT2D eigenvalue weighted by Gasteiger charge is -2.25. The Labute approximate surface area is 166 Å². The van der Waals surface area contributed by atoms with Crippen molar-refractivity contribution in [2.45, 2.75) is 19.4 Å². The fourth-order valence-electron chi connectivity index (χ4n) is 3.15. The smallest absolute Gasteiger partial charge is 0.295 e. The summed E-state index contributed by atoms with van der Waals surface area (Å²) < 4.78 is 0. The Morgan fingerprint density at radius 3 is 2.37 bits per heavy atom. The summed E-state index contributed by atoms with van der Waals surface area (Å²) in [6.45, 7) is 2.23. The molecule has 1 saturated heterocycles. The van der Waals surface area contributed by atoms with Crippen LogP contribution in [-0.4, -0.2) is 33.3 Å². The molecule has 1 amide bonds. The highest BCUT2D eigenvalue weighted by Crippen LogP contribution is 2.41. The SMILES string of the molecule is CCCN1C(=O)C(=O)/C(=C(\O)c2ccc(Cl)cc2)C1c1ccc(O)c(Cl)c1. The van der Waals surface area contributed by atoms with Gasteiger partial charge in [0.1, 0.15) is 11.5 Å². The number of likely N-dealkylation sites (tertiary alicyclic amines) is 1. The Morgan fingerprint density at radius 2 is 1.78 bits per heavy atom. The van der Waals surface area contributed by atoms with E-state index < -0.39 is 17.7 Å². The lowest BCUT2D eigenvalue weighted by molar-refractivity contribution is -0.139. The van der Waals surface area contributed by atoms with Crippen molar-refractivity contribution in [3.05, 3.63) is 69.2 Å². The van der Waals surface area contributed by atoms with Gasteiger partial charge in [0.2, 0.25) is 0 Å². The number of carbonyl (C=O) groups is 2. The van der Waals surface area contributed by atoms with Crippen molar-refractivity contribution in [2.24, 2.45) is 0 Å². The van der Waals surface area contributed by atoms with Crippen molar-refractivity contribution in [2.75, 3.05) is 6.54 Å². The normalized spacial score (nSPS) is 18.9. The molecule has 27 heavy (non-hydrogen) atoms. The van der Waals surface area contributed by atoms with Crippen molar-refractivity contribution in [3.8, 4) is 5.75 Å². The molecule has 2 N–H and O–H groups in total. The van der Waals surface area contributed by atoms with E-state index in [1.165, 1.54) is 17.0 Å². The number of carbonyl (C=O) groups excluding carboxylic acids is 2. The Kier molecular flexibility index (Phi) is 5.44. The highest BCUT2D eigenvalue weighted by atomic mass is 35.5. The number of benzene rings is 2. The van der Waals surface area contributed by atoms with E-state index in [2.05, 4.69) is 0 Å². The molecule has 2 aromatic carbocycles. The fourth-order valence-corrected chi connectivity index (χ4v) is 3.47. The number of phenols is 1. The van der Waals surface area contributed by atoms with Crippen LogP contribution in [0.15, 0.2) is 48.0 Å². The van der Waals surface area contributed by atoms with Crippen molar-refractivity contribution in [3.63, 3.8) is 0 Å². The lowest BCUT2D eigenvalue weighted by Crippen LogP contribution is -2.30. The van der Waals surface area contributed by atoms with Gasteiger partial charge in [0.05, 0.1) is 16.6 Å². The number of hydrogen-bond acceptors (Lipinski definition) is 4. The number of aliphatic hydroxyl groups excluding tert-OH is 1. The van der Waals surface area contributed by atoms with Gasteiger partial charge in [0, 0.05) is 17.1 Å². The first kappa shape index (κ1) is 19.3. The zero-order valence-corrected chi connectivity index (χ0v) is 16.0. The van der Waals surface area contributed by atoms with Crippen LogP contribution in [0.25, 0.3) is 5.76 Å². The van der Waals surface area contributed by atoms with E-state index >= 15 is 0 Å². The second-order valence-corrected chi connectivity index (χ2v) is 7.05. The minimum Gasteiger partial charge on any atom is -0.507 e. The van der Waals surface area contributed by atoms with Crippen LogP contribution >= 0.6 is 23.2 Å². The third-order valence-corrected chi connectivity index (χ3v) is 4.96. The molecular formula is C20H17Cl2NO4. The molecule has 3 rings (SSSR count). The molecule has 0 saturated carbocycles. The van der Waals surface area contributed by atoms with Crippen LogP contribution < -0.4 is 0 Å².